The van der Waals surface area contributed by atoms with Crippen molar-refractivity contribution in [1.29, 1.82) is 0 Å². The second-order valence-electron chi connectivity index (χ2n) is 6.58. The van der Waals surface area contributed by atoms with Crippen molar-refractivity contribution in [2.45, 2.75) is 34.1 Å². The number of hydrazone groups is 1. The highest BCUT2D eigenvalue weighted by molar-refractivity contribution is 6.03. The maximum Gasteiger partial charge on any atom is 0.271 e. The Morgan fingerprint density at radius 1 is 1.14 bits per heavy atom. The number of carbonyl (C=O) groups is 2. The van der Waals surface area contributed by atoms with Crippen molar-refractivity contribution >= 4 is 23.1 Å². The van der Waals surface area contributed by atoms with E-state index in [2.05, 4.69) is 10.5 Å². The molecular weight excluding hydrogens is 278 g/mol. The van der Waals surface area contributed by atoms with Crippen LogP contribution in [0.15, 0.2) is 29.4 Å². The van der Waals surface area contributed by atoms with Gasteiger partial charge in [-0.25, -0.2) is 5.43 Å². The van der Waals surface area contributed by atoms with E-state index in [-0.39, 0.29) is 18.1 Å². The molecule has 0 unspecified atom stereocenters. The van der Waals surface area contributed by atoms with Crippen LogP contribution in [0, 0.1) is 5.41 Å². The highest BCUT2D eigenvalue weighted by atomic mass is 16.2. The van der Waals surface area contributed by atoms with E-state index >= 15 is 0 Å². The van der Waals surface area contributed by atoms with Gasteiger partial charge in [0.25, 0.3) is 5.91 Å². The third kappa shape index (κ3) is 5.31. The summed E-state index contributed by atoms with van der Waals surface area (Å²) in [4.78, 5) is 25.8. The van der Waals surface area contributed by atoms with E-state index in [4.69, 9.17) is 0 Å². The number of hydrogen-bond acceptors (Lipinski definition) is 4. The zero-order valence-corrected chi connectivity index (χ0v) is 14.2. The number of benzene rings is 1. The molecule has 1 aromatic carbocycles. The SMILES string of the molecule is C/C(CC(=O)C(C)(C)C)=N\NC(=O)c1ccc(N(C)C)cc1. The molecule has 0 heterocycles. The van der Waals surface area contributed by atoms with E-state index in [9.17, 15) is 9.59 Å². The van der Waals surface area contributed by atoms with Crippen molar-refractivity contribution in [3.63, 3.8) is 0 Å². The molecule has 5 nitrogen and oxygen atoms in total. The summed E-state index contributed by atoms with van der Waals surface area (Å²) in [7, 11) is 3.88. The summed E-state index contributed by atoms with van der Waals surface area (Å²) in [6.45, 7) is 7.34. The quantitative estimate of drug-likeness (QED) is 0.672. The van der Waals surface area contributed by atoms with Gasteiger partial charge in [-0.1, -0.05) is 20.8 Å². The molecule has 0 radical (unpaired) electrons. The highest BCUT2D eigenvalue weighted by Gasteiger charge is 2.21. The minimum absolute atomic E-state index is 0.0957. The summed E-state index contributed by atoms with van der Waals surface area (Å²) >= 11 is 0. The van der Waals surface area contributed by atoms with Crippen LogP contribution in [0.3, 0.4) is 0 Å². The molecule has 22 heavy (non-hydrogen) atoms. The van der Waals surface area contributed by atoms with Crippen LogP contribution in [-0.4, -0.2) is 31.5 Å². The van der Waals surface area contributed by atoms with Crippen molar-refractivity contribution in [3.8, 4) is 0 Å². The molecule has 0 aromatic heterocycles. The standard InChI is InChI=1S/C17H25N3O2/c1-12(11-15(21)17(2,3)4)18-19-16(22)13-7-9-14(10-8-13)20(5)6/h7-10H,11H2,1-6H3,(H,19,22)/b18-12+. The Morgan fingerprint density at radius 3 is 2.14 bits per heavy atom. The molecule has 1 aromatic rings. The molecule has 0 saturated heterocycles. The molecule has 0 atom stereocenters. The predicted octanol–water partition coefficient (Wildman–Crippen LogP) is 2.86. The topological polar surface area (TPSA) is 61.8 Å². The van der Waals surface area contributed by atoms with Gasteiger partial charge < -0.3 is 4.90 Å². The first-order valence-corrected chi connectivity index (χ1v) is 7.25. The van der Waals surface area contributed by atoms with Gasteiger partial charge in [0, 0.05) is 42.9 Å². The zero-order chi connectivity index (χ0) is 16.9. The first-order chi connectivity index (χ1) is 10.1. The Kier molecular flexibility index (Phi) is 5.85. The molecule has 1 N–H and O–H groups in total. The highest BCUT2D eigenvalue weighted by Crippen LogP contribution is 2.17. The van der Waals surface area contributed by atoms with Crippen LogP contribution < -0.4 is 10.3 Å². The van der Waals surface area contributed by atoms with E-state index in [1.807, 2.05) is 51.9 Å². The lowest BCUT2D eigenvalue weighted by Crippen LogP contribution is -2.24. The smallest absolute Gasteiger partial charge is 0.271 e. The van der Waals surface area contributed by atoms with Crippen molar-refractivity contribution < 1.29 is 9.59 Å². The number of nitrogens with one attached hydrogen (secondary N) is 1. The lowest BCUT2D eigenvalue weighted by molar-refractivity contribution is -0.125. The van der Waals surface area contributed by atoms with Crippen LogP contribution >= 0.6 is 0 Å². The second-order valence-corrected chi connectivity index (χ2v) is 6.58. The van der Waals surface area contributed by atoms with Crippen LogP contribution in [0.5, 0.6) is 0 Å². The first kappa shape index (κ1) is 17.9. The van der Waals surface area contributed by atoms with E-state index in [1.165, 1.54) is 0 Å². The molecule has 0 bridgehead atoms. The molecule has 5 heteroatoms. The molecule has 0 aliphatic rings. The lowest BCUT2D eigenvalue weighted by Gasteiger charge is -2.16. The fraction of sp³-hybridized carbons (Fsp3) is 0.471. The fourth-order valence-electron chi connectivity index (χ4n) is 1.66. The largest absolute Gasteiger partial charge is 0.378 e. The Balaban J connectivity index is 2.65. The van der Waals surface area contributed by atoms with E-state index in [0.717, 1.165) is 5.69 Å². The number of ketones is 1. The molecule has 0 spiro atoms. The van der Waals surface area contributed by atoms with Crippen molar-refractivity contribution in [3.05, 3.63) is 29.8 Å². The Hall–Kier alpha value is -2.17. The van der Waals surface area contributed by atoms with Crippen molar-refractivity contribution in [2.24, 2.45) is 10.5 Å². The Bertz CT molecular complexity index is 567. The summed E-state index contributed by atoms with van der Waals surface area (Å²) in [5.74, 6) is -0.189. The number of nitrogens with zero attached hydrogens (tertiary/aromatic N) is 2. The molecule has 0 fully saturated rings. The third-order valence-corrected chi connectivity index (χ3v) is 3.25. The number of anilines is 1. The van der Waals surface area contributed by atoms with E-state index in [0.29, 0.717) is 11.3 Å². The molecule has 120 valence electrons. The maximum atomic E-state index is 12.0. The number of amides is 1. The van der Waals surface area contributed by atoms with Crippen LogP contribution in [0.25, 0.3) is 0 Å². The summed E-state index contributed by atoms with van der Waals surface area (Å²) in [6.07, 6.45) is 0.239. The van der Waals surface area contributed by atoms with Gasteiger partial charge in [0.15, 0.2) is 0 Å². The monoisotopic (exact) mass is 303 g/mol. The molecule has 1 amide bonds. The van der Waals surface area contributed by atoms with Gasteiger partial charge in [0.05, 0.1) is 0 Å². The summed E-state index contributed by atoms with van der Waals surface area (Å²) in [6, 6.07) is 7.23. The number of carbonyl (C=O) groups excluding carboxylic acids is 2. The lowest BCUT2D eigenvalue weighted by atomic mass is 9.88. The minimum Gasteiger partial charge on any atom is -0.378 e. The average Bonchev–Trinajstić information content (AvgIpc) is 2.43. The Labute approximate surface area is 132 Å². The summed E-state index contributed by atoms with van der Waals surface area (Å²) < 4.78 is 0. The van der Waals surface area contributed by atoms with Crippen LogP contribution in [0.2, 0.25) is 0 Å². The van der Waals surface area contributed by atoms with Crippen molar-refractivity contribution in [1.82, 2.24) is 5.43 Å². The number of hydrogen-bond donors (Lipinski definition) is 1. The molecule has 0 aliphatic heterocycles. The summed E-state index contributed by atoms with van der Waals surface area (Å²) in [5.41, 5.74) is 4.24. The molecule has 1 rings (SSSR count). The summed E-state index contributed by atoms with van der Waals surface area (Å²) in [5, 5.41) is 4.00. The van der Waals surface area contributed by atoms with Gasteiger partial charge >= 0.3 is 0 Å². The van der Waals surface area contributed by atoms with E-state index in [1.54, 1.807) is 19.1 Å². The average molecular weight is 303 g/mol. The maximum absolute atomic E-state index is 12.0. The first-order valence-electron chi connectivity index (χ1n) is 7.25. The van der Waals surface area contributed by atoms with Gasteiger partial charge in [-0.15, -0.1) is 0 Å². The predicted molar refractivity (Wildman–Crippen MR) is 90.4 cm³/mol. The zero-order valence-electron chi connectivity index (χ0n) is 14.2. The van der Waals surface area contributed by atoms with Gasteiger partial charge in [-0.2, -0.15) is 5.10 Å². The van der Waals surface area contributed by atoms with E-state index < -0.39 is 5.41 Å². The van der Waals surface area contributed by atoms with Gasteiger partial charge in [0.1, 0.15) is 5.78 Å². The van der Waals surface area contributed by atoms with Crippen LogP contribution in [0.1, 0.15) is 44.5 Å². The van der Waals surface area contributed by atoms with Gasteiger partial charge in [0.2, 0.25) is 0 Å². The molecule has 0 aliphatic carbocycles. The molecular formula is C17H25N3O2. The number of Topliss-reactive ketones (excluding diaryl/α,β-unsaturated/α-hetero) is 1. The second kappa shape index (κ2) is 7.20. The van der Waals surface area contributed by atoms with Crippen LogP contribution in [-0.2, 0) is 4.79 Å². The van der Waals surface area contributed by atoms with Gasteiger partial charge in [-0.05, 0) is 31.2 Å². The minimum atomic E-state index is -0.400. The normalized spacial score (nSPS) is 12.0. The van der Waals surface area contributed by atoms with Gasteiger partial charge in [-0.3, -0.25) is 9.59 Å². The van der Waals surface area contributed by atoms with Crippen molar-refractivity contribution in [2.75, 3.05) is 19.0 Å². The number of rotatable bonds is 5. The van der Waals surface area contributed by atoms with Crippen LogP contribution in [0.4, 0.5) is 5.69 Å². The fourth-order valence-corrected chi connectivity index (χ4v) is 1.66. The third-order valence-electron chi connectivity index (χ3n) is 3.25. The Morgan fingerprint density at radius 2 is 1.68 bits per heavy atom. The molecule has 0 saturated carbocycles.